The zero-order valence-electron chi connectivity index (χ0n) is 14.8. The first-order valence-electron chi connectivity index (χ1n) is 8.83. The minimum absolute atomic E-state index is 0.0514. The third-order valence-electron chi connectivity index (χ3n) is 5.20. The number of piperidine rings is 1. The van der Waals surface area contributed by atoms with Gasteiger partial charge in [0.15, 0.2) is 5.69 Å². The second kappa shape index (κ2) is 6.44. The molecule has 1 amide bonds. The number of amides is 1. The number of fused-ring (bicyclic) bond motifs is 1. The molecular formula is C19H19F3N4O. The number of likely N-dealkylation sites (tertiary alicyclic amines) is 1. The summed E-state index contributed by atoms with van der Waals surface area (Å²) in [5, 5.41) is 4.85. The Morgan fingerprint density at radius 2 is 1.89 bits per heavy atom. The number of halogens is 3. The standard InChI is InChI=1S/C19H19F3N4O/c1-12(27)25-8-6-13(7-9-25)26-18(19(20,21)22)16(11-24-26)15-10-23-17-5-3-2-4-14(15)17/h2-5,10-11,13,23H,6-9H2,1H3. The minimum Gasteiger partial charge on any atom is -0.361 e. The van der Waals surface area contributed by atoms with Gasteiger partial charge < -0.3 is 9.88 Å². The van der Waals surface area contributed by atoms with E-state index in [1.807, 2.05) is 12.1 Å². The number of carbonyl (C=O) groups excluding carboxylic acids is 1. The number of para-hydroxylation sites is 1. The van der Waals surface area contributed by atoms with Crippen LogP contribution in [0.1, 0.15) is 31.5 Å². The van der Waals surface area contributed by atoms with Crippen molar-refractivity contribution in [3.63, 3.8) is 0 Å². The maximum atomic E-state index is 14.0. The van der Waals surface area contributed by atoms with Crippen LogP contribution in [0.2, 0.25) is 0 Å². The van der Waals surface area contributed by atoms with E-state index < -0.39 is 11.9 Å². The van der Waals surface area contributed by atoms with E-state index in [-0.39, 0.29) is 17.5 Å². The highest BCUT2D eigenvalue weighted by atomic mass is 19.4. The Hall–Kier alpha value is -2.77. The summed E-state index contributed by atoms with van der Waals surface area (Å²) in [6.45, 7) is 2.36. The summed E-state index contributed by atoms with van der Waals surface area (Å²) in [6, 6.07) is 6.88. The molecule has 0 unspecified atom stereocenters. The third-order valence-corrected chi connectivity index (χ3v) is 5.20. The normalized spacial score (nSPS) is 16.2. The average molecular weight is 376 g/mol. The number of hydrogen-bond donors (Lipinski definition) is 1. The van der Waals surface area contributed by atoms with Crippen molar-refractivity contribution in [3.8, 4) is 11.1 Å². The highest BCUT2D eigenvalue weighted by Crippen LogP contribution is 2.41. The molecule has 3 aromatic rings. The van der Waals surface area contributed by atoms with Crippen molar-refractivity contribution in [2.75, 3.05) is 13.1 Å². The van der Waals surface area contributed by atoms with Gasteiger partial charge in [-0.1, -0.05) is 18.2 Å². The topological polar surface area (TPSA) is 53.9 Å². The van der Waals surface area contributed by atoms with Gasteiger partial charge in [0.1, 0.15) is 0 Å². The van der Waals surface area contributed by atoms with Gasteiger partial charge in [-0.15, -0.1) is 0 Å². The zero-order chi connectivity index (χ0) is 19.2. The summed E-state index contributed by atoms with van der Waals surface area (Å²) in [5.74, 6) is -0.0514. The molecule has 1 aliphatic heterocycles. The van der Waals surface area contributed by atoms with Crippen molar-refractivity contribution in [3.05, 3.63) is 42.4 Å². The molecule has 1 aliphatic rings. The molecule has 1 aromatic carbocycles. The molecule has 1 N–H and O–H groups in total. The van der Waals surface area contributed by atoms with Crippen molar-refractivity contribution < 1.29 is 18.0 Å². The van der Waals surface area contributed by atoms with Crippen molar-refractivity contribution in [2.24, 2.45) is 0 Å². The van der Waals surface area contributed by atoms with Gasteiger partial charge in [0, 0.05) is 48.2 Å². The average Bonchev–Trinajstić information content (AvgIpc) is 3.25. The summed E-state index contributed by atoms with van der Waals surface area (Å²) in [4.78, 5) is 16.2. The van der Waals surface area contributed by atoms with Gasteiger partial charge in [0.2, 0.25) is 5.91 Å². The van der Waals surface area contributed by atoms with E-state index in [0.29, 0.717) is 31.5 Å². The second-order valence-electron chi connectivity index (χ2n) is 6.83. The quantitative estimate of drug-likeness (QED) is 0.728. The molecule has 1 fully saturated rings. The van der Waals surface area contributed by atoms with Crippen molar-refractivity contribution in [1.82, 2.24) is 19.7 Å². The van der Waals surface area contributed by atoms with E-state index in [4.69, 9.17) is 0 Å². The molecule has 0 bridgehead atoms. The Morgan fingerprint density at radius 3 is 2.56 bits per heavy atom. The molecular weight excluding hydrogens is 357 g/mol. The summed E-state index contributed by atoms with van der Waals surface area (Å²) < 4.78 is 43.0. The molecule has 2 aromatic heterocycles. The van der Waals surface area contributed by atoms with Crippen LogP contribution in [0.3, 0.4) is 0 Å². The van der Waals surface area contributed by atoms with Gasteiger partial charge in [0.05, 0.1) is 12.2 Å². The number of aromatic nitrogens is 3. The molecule has 5 nitrogen and oxygen atoms in total. The van der Waals surface area contributed by atoms with E-state index in [9.17, 15) is 18.0 Å². The Morgan fingerprint density at radius 1 is 1.19 bits per heavy atom. The van der Waals surface area contributed by atoms with Crippen LogP contribution in [0.25, 0.3) is 22.0 Å². The molecule has 0 radical (unpaired) electrons. The molecule has 0 atom stereocenters. The molecule has 8 heteroatoms. The van der Waals surface area contributed by atoms with Gasteiger partial charge in [-0.2, -0.15) is 18.3 Å². The first kappa shape index (κ1) is 17.6. The smallest absolute Gasteiger partial charge is 0.361 e. The monoisotopic (exact) mass is 376 g/mol. The number of rotatable bonds is 2. The maximum Gasteiger partial charge on any atom is 0.433 e. The number of nitrogens with zero attached hydrogens (tertiary/aromatic N) is 3. The van der Waals surface area contributed by atoms with Crippen LogP contribution in [0.15, 0.2) is 36.7 Å². The van der Waals surface area contributed by atoms with Gasteiger partial charge in [-0.05, 0) is 18.9 Å². The second-order valence-corrected chi connectivity index (χ2v) is 6.83. The highest BCUT2D eigenvalue weighted by Gasteiger charge is 2.41. The lowest BCUT2D eigenvalue weighted by Gasteiger charge is -2.32. The number of alkyl halides is 3. The van der Waals surface area contributed by atoms with E-state index in [1.54, 1.807) is 23.2 Å². The van der Waals surface area contributed by atoms with Gasteiger partial charge in [0.25, 0.3) is 0 Å². The fourth-order valence-electron chi connectivity index (χ4n) is 3.84. The Labute approximate surface area is 153 Å². The summed E-state index contributed by atoms with van der Waals surface area (Å²) >= 11 is 0. The predicted molar refractivity (Wildman–Crippen MR) is 95.0 cm³/mol. The fraction of sp³-hybridized carbons (Fsp3) is 0.368. The molecule has 142 valence electrons. The van der Waals surface area contributed by atoms with E-state index >= 15 is 0 Å². The van der Waals surface area contributed by atoms with Crippen LogP contribution in [-0.4, -0.2) is 38.7 Å². The molecule has 0 spiro atoms. The Balaban J connectivity index is 1.76. The summed E-state index contributed by atoms with van der Waals surface area (Å²) in [7, 11) is 0. The van der Waals surface area contributed by atoms with Crippen LogP contribution in [-0.2, 0) is 11.0 Å². The first-order chi connectivity index (χ1) is 12.9. The number of nitrogens with one attached hydrogen (secondary N) is 1. The highest BCUT2D eigenvalue weighted by molar-refractivity contribution is 5.96. The molecule has 4 rings (SSSR count). The van der Waals surface area contributed by atoms with Gasteiger partial charge in [-0.3, -0.25) is 9.48 Å². The van der Waals surface area contributed by atoms with Crippen LogP contribution in [0.4, 0.5) is 13.2 Å². The molecule has 1 saturated heterocycles. The summed E-state index contributed by atoms with van der Waals surface area (Å²) in [5.41, 5.74) is 0.621. The lowest BCUT2D eigenvalue weighted by molar-refractivity contribution is -0.145. The van der Waals surface area contributed by atoms with E-state index in [1.165, 1.54) is 13.1 Å². The molecule has 0 aliphatic carbocycles. The molecule has 3 heterocycles. The SMILES string of the molecule is CC(=O)N1CCC(n2ncc(-c3c[nH]c4ccccc34)c2C(F)(F)F)CC1. The third kappa shape index (κ3) is 3.09. The molecule has 27 heavy (non-hydrogen) atoms. The summed E-state index contributed by atoms with van der Waals surface area (Å²) in [6.07, 6.45) is -0.716. The van der Waals surface area contributed by atoms with Crippen LogP contribution < -0.4 is 0 Å². The van der Waals surface area contributed by atoms with Gasteiger partial charge >= 0.3 is 6.18 Å². The van der Waals surface area contributed by atoms with Crippen LogP contribution in [0, 0.1) is 0 Å². The number of benzene rings is 1. The Bertz CT molecular complexity index is 980. The minimum atomic E-state index is -4.53. The van der Waals surface area contributed by atoms with Crippen molar-refractivity contribution in [2.45, 2.75) is 32.0 Å². The largest absolute Gasteiger partial charge is 0.433 e. The number of carbonyl (C=O) groups is 1. The van der Waals surface area contributed by atoms with E-state index in [0.717, 1.165) is 15.6 Å². The number of hydrogen-bond acceptors (Lipinski definition) is 2. The van der Waals surface area contributed by atoms with Crippen LogP contribution >= 0.6 is 0 Å². The predicted octanol–water partition coefficient (Wildman–Crippen LogP) is 4.23. The van der Waals surface area contributed by atoms with Crippen molar-refractivity contribution in [1.29, 1.82) is 0 Å². The fourth-order valence-corrected chi connectivity index (χ4v) is 3.84. The zero-order valence-corrected chi connectivity index (χ0v) is 14.8. The number of aromatic amines is 1. The lowest BCUT2D eigenvalue weighted by Crippen LogP contribution is -2.38. The number of H-pyrrole nitrogens is 1. The van der Waals surface area contributed by atoms with Crippen molar-refractivity contribution >= 4 is 16.8 Å². The lowest BCUT2D eigenvalue weighted by atomic mass is 10.0. The Kier molecular flexibility index (Phi) is 4.20. The van der Waals surface area contributed by atoms with E-state index in [2.05, 4.69) is 10.1 Å². The molecule has 0 saturated carbocycles. The maximum absolute atomic E-state index is 14.0. The first-order valence-corrected chi connectivity index (χ1v) is 8.83. The van der Waals surface area contributed by atoms with Gasteiger partial charge in [-0.25, -0.2) is 0 Å². The van der Waals surface area contributed by atoms with Crippen LogP contribution in [0.5, 0.6) is 0 Å².